The monoisotopic (exact) mass is 430 g/mol. The van der Waals surface area contributed by atoms with Crippen molar-refractivity contribution in [3.05, 3.63) is 83.9 Å². The van der Waals surface area contributed by atoms with Crippen LogP contribution in [0.1, 0.15) is 50.2 Å². The number of rotatable bonds is 6. The fourth-order valence-corrected chi connectivity index (χ4v) is 6.78. The van der Waals surface area contributed by atoms with E-state index in [9.17, 15) is 4.79 Å². The molecule has 1 saturated heterocycles. The first-order valence-corrected chi connectivity index (χ1v) is 12.3. The van der Waals surface area contributed by atoms with Gasteiger partial charge < -0.3 is 9.64 Å². The Kier molecular flexibility index (Phi) is 5.94. The van der Waals surface area contributed by atoms with Crippen molar-refractivity contribution in [2.45, 2.75) is 58.2 Å². The Morgan fingerprint density at radius 3 is 2.28 bits per heavy atom. The molecule has 0 unspecified atom stereocenters. The van der Waals surface area contributed by atoms with Gasteiger partial charge in [-0.05, 0) is 43.4 Å². The minimum Gasteiger partial charge on any atom is -0.462 e. The number of carbonyl (C=O) groups excluding carboxylic acids is 1. The first-order valence-electron chi connectivity index (χ1n) is 12.3. The van der Waals surface area contributed by atoms with Gasteiger partial charge >= 0.3 is 5.97 Å². The van der Waals surface area contributed by atoms with Crippen LogP contribution < -0.4 is 4.90 Å². The van der Waals surface area contributed by atoms with Crippen LogP contribution in [0.5, 0.6) is 0 Å². The maximum absolute atomic E-state index is 13.1. The number of quaternary nitrogens is 1. The summed E-state index contributed by atoms with van der Waals surface area (Å²) in [5.74, 6) is 0.895. The minimum atomic E-state index is -0.0123. The lowest BCUT2D eigenvalue weighted by Crippen LogP contribution is -3.10. The van der Waals surface area contributed by atoms with Gasteiger partial charge in [0.05, 0.1) is 6.54 Å². The zero-order valence-corrected chi connectivity index (χ0v) is 19.3. The van der Waals surface area contributed by atoms with Gasteiger partial charge in [-0.3, -0.25) is 4.79 Å². The molecule has 3 nitrogen and oxygen atoms in total. The lowest BCUT2D eigenvalue weighted by atomic mass is 9.55. The molecule has 2 saturated carbocycles. The third kappa shape index (κ3) is 4.28. The quantitative estimate of drug-likeness (QED) is 0.537. The number of ether oxygens (including phenoxy) is 1. The van der Waals surface area contributed by atoms with E-state index in [1.807, 2.05) is 0 Å². The minimum absolute atomic E-state index is 0.0123. The Morgan fingerprint density at radius 2 is 1.66 bits per heavy atom. The highest BCUT2D eigenvalue weighted by Gasteiger charge is 2.56. The van der Waals surface area contributed by atoms with E-state index in [1.165, 1.54) is 34.4 Å². The Hall–Kier alpha value is -2.39. The highest BCUT2D eigenvalue weighted by molar-refractivity contribution is 5.75. The number of benzene rings is 2. The van der Waals surface area contributed by atoms with Gasteiger partial charge in [0.15, 0.2) is 0 Å². The molecule has 1 N–H and O–H groups in total. The van der Waals surface area contributed by atoms with Gasteiger partial charge in [-0.2, -0.15) is 0 Å². The van der Waals surface area contributed by atoms with Crippen molar-refractivity contribution in [1.29, 1.82) is 0 Å². The first-order chi connectivity index (χ1) is 15.5. The van der Waals surface area contributed by atoms with Gasteiger partial charge in [-0.25, -0.2) is 0 Å². The molecular weight excluding hydrogens is 394 g/mol. The molecule has 1 heterocycles. The molecule has 3 aliphatic rings. The molecule has 5 atom stereocenters. The largest absolute Gasteiger partial charge is 0.462 e. The standard InChI is InChI=1S/C29H35NO2/c1-21-10-9-15-29(2)17-27-24(16-26(21)29)25(28(31)32-27)20-30(18-22-11-5-3-6-12-22)19-23-13-7-4-8-14-23/h3-8,11-14,24-27H,1,9-10,15-20H2,2H3/p+1/t24-,25+,26+,27-,29-/m1/s1. The molecular formula is C29H36NO2+. The van der Waals surface area contributed by atoms with Gasteiger partial charge in [-0.1, -0.05) is 79.7 Å². The van der Waals surface area contributed by atoms with E-state index in [1.54, 1.807) is 0 Å². The summed E-state index contributed by atoms with van der Waals surface area (Å²) in [5, 5.41) is 0. The summed E-state index contributed by atoms with van der Waals surface area (Å²) in [4.78, 5) is 14.5. The maximum Gasteiger partial charge on any atom is 0.315 e. The van der Waals surface area contributed by atoms with Crippen LogP contribution in [-0.2, 0) is 22.6 Å². The molecule has 1 aliphatic heterocycles. The summed E-state index contributed by atoms with van der Waals surface area (Å²) in [5.41, 5.74) is 4.30. The van der Waals surface area contributed by atoms with Crippen LogP contribution in [0, 0.1) is 23.2 Å². The number of hydrogen-bond acceptors (Lipinski definition) is 2. The second kappa shape index (κ2) is 8.86. The van der Waals surface area contributed by atoms with Crippen LogP contribution in [-0.4, -0.2) is 18.6 Å². The first kappa shape index (κ1) is 21.5. The lowest BCUT2D eigenvalue weighted by molar-refractivity contribution is -0.930. The number of fused-ring (bicyclic) bond motifs is 2. The average Bonchev–Trinajstić information content (AvgIpc) is 3.07. The summed E-state index contributed by atoms with van der Waals surface area (Å²) < 4.78 is 6.05. The summed E-state index contributed by atoms with van der Waals surface area (Å²) in [6, 6.07) is 21.3. The molecule has 0 spiro atoms. The predicted octanol–water partition coefficient (Wildman–Crippen LogP) is 4.59. The van der Waals surface area contributed by atoms with E-state index in [-0.39, 0.29) is 23.4 Å². The van der Waals surface area contributed by atoms with Crippen molar-refractivity contribution in [1.82, 2.24) is 0 Å². The topological polar surface area (TPSA) is 30.7 Å². The summed E-state index contributed by atoms with van der Waals surface area (Å²) >= 11 is 0. The van der Waals surface area contributed by atoms with Crippen LogP contribution in [0.25, 0.3) is 0 Å². The Balaban J connectivity index is 1.36. The Bertz CT molecular complexity index is 914. The van der Waals surface area contributed by atoms with E-state index in [0.717, 1.165) is 38.9 Å². The van der Waals surface area contributed by atoms with Crippen molar-refractivity contribution >= 4 is 5.97 Å². The van der Waals surface area contributed by atoms with E-state index in [0.29, 0.717) is 11.8 Å². The normalized spacial score (nSPS) is 31.8. The van der Waals surface area contributed by atoms with Crippen LogP contribution in [0.3, 0.4) is 0 Å². The highest BCUT2D eigenvalue weighted by atomic mass is 16.6. The SMILES string of the molecule is C=C1CCC[C@]2(C)C[C@H]3OC(=O)[C@@H](C[NH+](Cc4ccccc4)Cc4ccccc4)[C@H]3C[C@@H]12. The molecule has 2 aromatic carbocycles. The second-order valence-corrected chi connectivity index (χ2v) is 10.7. The number of allylic oxidation sites excluding steroid dienone is 1. The molecule has 3 fully saturated rings. The maximum atomic E-state index is 13.1. The van der Waals surface area contributed by atoms with Gasteiger partial charge in [0.25, 0.3) is 0 Å². The number of esters is 1. The van der Waals surface area contributed by atoms with Crippen LogP contribution in [0.15, 0.2) is 72.8 Å². The van der Waals surface area contributed by atoms with Crippen molar-refractivity contribution in [3.8, 4) is 0 Å². The van der Waals surface area contributed by atoms with Gasteiger partial charge in [0, 0.05) is 17.0 Å². The molecule has 0 aromatic heterocycles. The smallest absolute Gasteiger partial charge is 0.315 e. The zero-order valence-electron chi connectivity index (χ0n) is 19.3. The van der Waals surface area contributed by atoms with E-state index < -0.39 is 0 Å². The molecule has 0 amide bonds. The Morgan fingerprint density at radius 1 is 1.03 bits per heavy atom. The van der Waals surface area contributed by atoms with E-state index >= 15 is 0 Å². The fraction of sp³-hybridized carbons (Fsp3) is 0.483. The van der Waals surface area contributed by atoms with Gasteiger partial charge in [0.2, 0.25) is 0 Å². The van der Waals surface area contributed by atoms with Crippen molar-refractivity contribution in [2.24, 2.45) is 23.2 Å². The third-order valence-electron chi connectivity index (χ3n) is 8.42. The second-order valence-electron chi connectivity index (χ2n) is 10.7. The van der Waals surface area contributed by atoms with Crippen LogP contribution in [0.2, 0.25) is 0 Å². The van der Waals surface area contributed by atoms with E-state index in [2.05, 4.69) is 74.2 Å². The summed E-state index contributed by atoms with van der Waals surface area (Å²) in [6.45, 7) is 9.52. The summed E-state index contributed by atoms with van der Waals surface area (Å²) in [7, 11) is 0. The molecule has 5 rings (SSSR count). The molecule has 2 aliphatic carbocycles. The van der Waals surface area contributed by atoms with Crippen molar-refractivity contribution < 1.29 is 14.4 Å². The molecule has 2 aromatic rings. The molecule has 0 bridgehead atoms. The number of hydrogen-bond donors (Lipinski definition) is 1. The molecule has 168 valence electrons. The molecule has 0 radical (unpaired) electrons. The van der Waals surface area contributed by atoms with Crippen LogP contribution >= 0.6 is 0 Å². The fourth-order valence-electron chi connectivity index (χ4n) is 6.78. The summed E-state index contributed by atoms with van der Waals surface area (Å²) in [6.07, 6.45) is 5.79. The number of carbonyl (C=O) groups is 1. The van der Waals surface area contributed by atoms with Gasteiger partial charge in [-0.15, -0.1) is 0 Å². The third-order valence-corrected chi connectivity index (χ3v) is 8.42. The molecule has 32 heavy (non-hydrogen) atoms. The number of nitrogens with one attached hydrogen (secondary N) is 1. The van der Waals surface area contributed by atoms with Crippen molar-refractivity contribution in [2.75, 3.05) is 6.54 Å². The van der Waals surface area contributed by atoms with Gasteiger partial charge in [0.1, 0.15) is 25.1 Å². The van der Waals surface area contributed by atoms with Crippen LogP contribution in [0.4, 0.5) is 0 Å². The average molecular weight is 431 g/mol. The molecule has 3 heteroatoms. The Labute approximate surface area is 192 Å². The van der Waals surface area contributed by atoms with E-state index in [4.69, 9.17) is 4.74 Å². The lowest BCUT2D eigenvalue weighted by Gasteiger charge is -2.50. The zero-order chi connectivity index (χ0) is 22.1. The van der Waals surface area contributed by atoms with Crippen molar-refractivity contribution in [3.63, 3.8) is 0 Å². The highest BCUT2D eigenvalue weighted by Crippen LogP contribution is 2.56. The predicted molar refractivity (Wildman–Crippen MR) is 127 cm³/mol.